The van der Waals surface area contributed by atoms with E-state index in [4.69, 9.17) is 4.74 Å². The van der Waals surface area contributed by atoms with Gasteiger partial charge in [0.25, 0.3) is 0 Å². The molecular weight excluding hydrogens is 665 g/mol. The van der Waals surface area contributed by atoms with Gasteiger partial charge >= 0.3 is 0 Å². The Bertz CT molecular complexity index is 2970. The van der Waals surface area contributed by atoms with Crippen LogP contribution in [0.4, 0.5) is 0 Å². The van der Waals surface area contributed by atoms with Gasteiger partial charge in [0.05, 0.1) is 10.8 Å². The van der Waals surface area contributed by atoms with Crippen molar-refractivity contribution in [2.45, 2.75) is 10.8 Å². The highest BCUT2D eigenvalue weighted by atomic mass is 16.5. The van der Waals surface area contributed by atoms with Crippen molar-refractivity contribution in [3.05, 3.63) is 251 Å². The summed E-state index contributed by atoms with van der Waals surface area (Å²) in [6, 6.07) is 76.2. The summed E-state index contributed by atoms with van der Waals surface area (Å²) in [5, 5.41) is 2.57. The van der Waals surface area contributed by atoms with E-state index in [2.05, 4.69) is 206 Å². The fourth-order valence-electron chi connectivity index (χ4n) is 10.6. The minimum absolute atomic E-state index is 0.466. The summed E-state index contributed by atoms with van der Waals surface area (Å²) in [6.07, 6.45) is 0. The van der Waals surface area contributed by atoms with Crippen LogP contribution >= 0.6 is 0 Å². The smallest absolute Gasteiger partial charge is 0.132 e. The van der Waals surface area contributed by atoms with E-state index in [1.165, 1.54) is 77.5 Å². The van der Waals surface area contributed by atoms with Crippen LogP contribution in [0.3, 0.4) is 0 Å². The van der Waals surface area contributed by atoms with Gasteiger partial charge in [0, 0.05) is 11.1 Å². The molecule has 2 aliphatic carbocycles. The average molecular weight is 699 g/mol. The molecule has 55 heavy (non-hydrogen) atoms. The lowest BCUT2D eigenvalue weighted by Gasteiger charge is -2.42. The number of fused-ring (bicyclic) bond motifs is 14. The Hall–Kier alpha value is -6.96. The van der Waals surface area contributed by atoms with Crippen LogP contribution in [0.2, 0.25) is 0 Å². The summed E-state index contributed by atoms with van der Waals surface area (Å²) < 4.78 is 6.91. The maximum Gasteiger partial charge on any atom is 0.132 e. The van der Waals surface area contributed by atoms with Crippen LogP contribution in [0.15, 0.2) is 206 Å². The molecule has 256 valence electrons. The minimum Gasteiger partial charge on any atom is -0.457 e. The highest BCUT2D eigenvalue weighted by Gasteiger charge is 2.52. The zero-order chi connectivity index (χ0) is 36.1. The fourth-order valence-corrected chi connectivity index (χ4v) is 10.6. The molecule has 0 saturated carbocycles. The van der Waals surface area contributed by atoms with Gasteiger partial charge in [0.15, 0.2) is 0 Å². The molecule has 1 nitrogen and oxygen atoms in total. The third kappa shape index (κ3) is 3.87. The van der Waals surface area contributed by atoms with E-state index in [9.17, 15) is 0 Å². The highest BCUT2D eigenvalue weighted by Crippen LogP contribution is 2.65. The Labute approximate surface area is 320 Å². The summed E-state index contributed by atoms with van der Waals surface area (Å²) >= 11 is 0. The standard InChI is InChI=1S/C54H34O/c1-3-17-37(18-4-1)53(38-19-5-2-6-20-38)46-27-13-14-28-49(46)55-50-29-15-24-40(52(50)53)36-30-32-42-41-22-9-11-25-44(41)54(48(42)34-36)45-26-12-10-23-43(45)51-39-21-8-7-16-35(39)31-33-47(51)54/h1-34H. The lowest BCUT2D eigenvalue weighted by atomic mass is 9.62. The van der Waals surface area contributed by atoms with Crippen molar-refractivity contribution in [3.63, 3.8) is 0 Å². The molecular formula is C54H34O. The zero-order valence-electron chi connectivity index (χ0n) is 30.0. The molecule has 0 bridgehead atoms. The van der Waals surface area contributed by atoms with Gasteiger partial charge in [-0.25, -0.2) is 0 Å². The third-order valence-corrected chi connectivity index (χ3v) is 12.6. The molecule has 1 spiro atoms. The topological polar surface area (TPSA) is 9.23 Å². The first kappa shape index (κ1) is 30.5. The molecule has 0 N–H and O–H groups in total. The van der Waals surface area contributed by atoms with Gasteiger partial charge in [0.1, 0.15) is 11.5 Å². The first-order valence-electron chi connectivity index (χ1n) is 19.2. The normalized spacial score (nSPS) is 16.4. The van der Waals surface area contributed by atoms with Crippen LogP contribution in [0.1, 0.15) is 44.5 Å². The number of ether oxygens (including phenoxy) is 1. The first-order chi connectivity index (χ1) is 27.3. The maximum atomic E-state index is 6.91. The second kappa shape index (κ2) is 11.3. The van der Waals surface area contributed by atoms with Gasteiger partial charge in [0.2, 0.25) is 0 Å². The fraction of sp³-hybridized carbons (Fsp3) is 0.0370. The van der Waals surface area contributed by atoms with E-state index in [1.807, 2.05) is 0 Å². The molecule has 3 aliphatic rings. The molecule has 0 saturated heterocycles. The van der Waals surface area contributed by atoms with Crippen LogP contribution in [-0.2, 0) is 10.8 Å². The van der Waals surface area contributed by atoms with E-state index in [0.29, 0.717) is 0 Å². The summed E-state index contributed by atoms with van der Waals surface area (Å²) in [4.78, 5) is 0. The van der Waals surface area contributed by atoms with Crippen molar-refractivity contribution >= 4 is 10.8 Å². The molecule has 1 atom stereocenters. The van der Waals surface area contributed by atoms with Crippen molar-refractivity contribution in [2.24, 2.45) is 0 Å². The van der Waals surface area contributed by atoms with Crippen LogP contribution in [0, 0.1) is 0 Å². The summed E-state index contributed by atoms with van der Waals surface area (Å²) in [5.74, 6) is 1.76. The molecule has 1 heteroatoms. The number of hydrogen-bond donors (Lipinski definition) is 0. The van der Waals surface area contributed by atoms with E-state index < -0.39 is 10.8 Å². The van der Waals surface area contributed by atoms with Gasteiger partial charge < -0.3 is 4.74 Å². The van der Waals surface area contributed by atoms with E-state index in [1.54, 1.807) is 0 Å². The van der Waals surface area contributed by atoms with E-state index >= 15 is 0 Å². The molecule has 0 radical (unpaired) electrons. The van der Waals surface area contributed by atoms with E-state index in [-0.39, 0.29) is 0 Å². The number of para-hydroxylation sites is 1. The zero-order valence-corrected chi connectivity index (χ0v) is 30.0. The third-order valence-electron chi connectivity index (χ3n) is 12.6. The maximum absolute atomic E-state index is 6.91. The van der Waals surface area contributed by atoms with Crippen molar-refractivity contribution in [1.82, 2.24) is 0 Å². The molecule has 9 aromatic carbocycles. The molecule has 0 amide bonds. The van der Waals surface area contributed by atoms with Gasteiger partial charge in [-0.15, -0.1) is 0 Å². The number of rotatable bonds is 3. The molecule has 1 heterocycles. The average Bonchev–Trinajstić information content (AvgIpc) is 3.73. The SMILES string of the molecule is c1ccc(C2(c3ccccc3)c3ccccc3Oc3cccc(-c4ccc5c(c4)C4(c6ccccc6-5)c5ccccc5-c5c4ccc4ccccc54)c32)cc1. The lowest BCUT2D eigenvalue weighted by Crippen LogP contribution is -2.34. The Balaban J connectivity index is 1.19. The summed E-state index contributed by atoms with van der Waals surface area (Å²) in [6.45, 7) is 0. The quantitative estimate of drug-likeness (QED) is 0.178. The Morgan fingerprint density at radius 2 is 0.909 bits per heavy atom. The molecule has 0 aromatic heterocycles. The first-order valence-corrected chi connectivity index (χ1v) is 19.2. The molecule has 0 fully saturated rings. The Kier molecular flexibility index (Phi) is 6.25. The van der Waals surface area contributed by atoms with Crippen molar-refractivity contribution < 1.29 is 4.74 Å². The van der Waals surface area contributed by atoms with Gasteiger partial charge in [-0.05, 0) is 95.7 Å². The summed E-state index contributed by atoms with van der Waals surface area (Å²) in [5.41, 5.74) is 16.6. The van der Waals surface area contributed by atoms with Crippen molar-refractivity contribution in [1.29, 1.82) is 0 Å². The Morgan fingerprint density at radius 3 is 1.69 bits per heavy atom. The largest absolute Gasteiger partial charge is 0.457 e. The molecule has 12 rings (SSSR count). The second-order valence-corrected chi connectivity index (χ2v) is 15.1. The van der Waals surface area contributed by atoms with E-state index in [0.717, 1.165) is 22.6 Å². The van der Waals surface area contributed by atoms with Gasteiger partial charge in [-0.1, -0.05) is 188 Å². The number of hydrogen-bond acceptors (Lipinski definition) is 1. The molecule has 1 aliphatic heterocycles. The van der Waals surface area contributed by atoms with Gasteiger partial charge in [-0.2, -0.15) is 0 Å². The van der Waals surface area contributed by atoms with Crippen LogP contribution in [0.5, 0.6) is 11.5 Å². The van der Waals surface area contributed by atoms with Crippen LogP contribution in [-0.4, -0.2) is 0 Å². The van der Waals surface area contributed by atoms with Crippen molar-refractivity contribution in [2.75, 3.05) is 0 Å². The predicted octanol–water partition coefficient (Wildman–Crippen LogP) is 13.3. The molecule has 1 unspecified atom stereocenters. The number of benzene rings is 9. The second-order valence-electron chi connectivity index (χ2n) is 15.1. The summed E-state index contributed by atoms with van der Waals surface area (Å²) in [7, 11) is 0. The van der Waals surface area contributed by atoms with Crippen LogP contribution in [0.25, 0.3) is 44.2 Å². The molecule has 9 aromatic rings. The highest BCUT2D eigenvalue weighted by molar-refractivity contribution is 6.06. The minimum atomic E-state index is -0.631. The lowest BCUT2D eigenvalue weighted by molar-refractivity contribution is 0.435. The van der Waals surface area contributed by atoms with Gasteiger partial charge in [-0.3, -0.25) is 0 Å². The Morgan fingerprint density at radius 1 is 0.327 bits per heavy atom. The van der Waals surface area contributed by atoms with Crippen LogP contribution < -0.4 is 4.74 Å². The van der Waals surface area contributed by atoms with Crippen molar-refractivity contribution in [3.8, 4) is 44.9 Å². The predicted molar refractivity (Wildman–Crippen MR) is 224 cm³/mol. The monoisotopic (exact) mass is 698 g/mol.